The van der Waals surface area contributed by atoms with Crippen LogP contribution in [0.4, 0.5) is 4.79 Å². The molecule has 1 aliphatic heterocycles. The summed E-state index contributed by atoms with van der Waals surface area (Å²) >= 11 is 1.26. The summed E-state index contributed by atoms with van der Waals surface area (Å²) in [5, 5.41) is 7.75. The van der Waals surface area contributed by atoms with Gasteiger partial charge in [0.2, 0.25) is 0 Å². The van der Waals surface area contributed by atoms with Crippen LogP contribution in [0.1, 0.15) is 57.8 Å². The average Bonchev–Trinajstić information content (AvgIpc) is 3.18. The van der Waals surface area contributed by atoms with Crippen molar-refractivity contribution >= 4 is 27.4 Å². The SMILES string of the molecule is O=C(NCC[C@H]1CCCCN1S(=O)(=O)c1cccs1)NC1CCCCC1. The van der Waals surface area contributed by atoms with Crippen LogP contribution in [-0.4, -0.2) is 43.9 Å². The zero-order valence-corrected chi connectivity index (χ0v) is 16.8. The Balaban J connectivity index is 1.50. The summed E-state index contributed by atoms with van der Waals surface area (Å²) in [5.74, 6) is 0. The Bertz CT molecular complexity index is 670. The van der Waals surface area contributed by atoms with Crippen molar-refractivity contribution in [1.82, 2.24) is 14.9 Å². The molecule has 1 aromatic rings. The highest BCUT2D eigenvalue weighted by molar-refractivity contribution is 7.91. The third kappa shape index (κ3) is 4.98. The Labute approximate surface area is 160 Å². The second-order valence-corrected chi connectivity index (χ2v) is 10.3. The average molecular weight is 400 g/mol. The van der Waals surface area contributed by atoms with E-state index in [1.165, 1.54) is 30.6 Å². The topological polar surface area (TPSA) is 78.5 Å². The van der Waals surface area contributed by atoms with Crippen molar-refractivity contribution in [2.75, 3.05) is 13.1 Å². The van der Waals surface area contributed by atoms with Gasteiger partial charge in [-0.25, -0.2) is 13.2 Å². The first-order valence-electron chi connectivity index (χ1n) is 9.67. The zero-order chi connectivity index (χ0) is 18.4. The van der Waals surface area contributed by atoms with Gasteiger partial charge in [-0.1, -0.05) is 31.7 Å². The summed E-state index contributed by atoms with van der Waals surface area (Å²) in [7, 11) is -3.42. The van der Waals surface area contributed by atoms with Gasteiger partial charge in [0.15, 0.2) is 0 Å². The molecular formula is C18H29N3O3S2. The maximum atomic E-state index is 12.9. The molecule has 8 heteroatoms. The second kappa shape index (κ2) is 9.19. The van der Waals surface area contributed by atoms with Gasteiger partial charge in [-0.05, 0) is 43.6 Å². The number of amides is 2. The number of carbonyl (C=O) groups excluding carboxylic acids is 1. The van der Waals surface area contributed by atoms with E-state index < -0.39 is 10.0 Å². The van der Waals surface area contributed by atoms with E-state index in [9.17, 15) is 13.2 Å². The van der Waals surface area contributed by atoms with Crippen molar-refractivity contribution in [3.05, 3.63) is 17.5 Å². The van der Waals surface area contributed by atoms with E-state index >= 15 is 0 Å². The van der Waals surface area contributed by atoms with Crippen LogP contribution >= 0.6 is 11.3 Å². The van der Waals surface area contributed by atoms with Gasteiger partial charge in [0, 0.05) is 25.2 Å². The molecule has 146 valence electrons. The number of hydrogen-bond donors (Lipinski definition) is 2. The van der Waals surface area contributed by atoms with E-state index in [1.807, 2.05) is 0 Å². The first kappa shape index (κ1) is 19.6. The minimum absolute atomic E-state index is 0.0363. The highest BCUT2D eigenvalue weighted by atomic mass is 32.2. The monoisotopic (exact) mass is 399 g/mol. The molecule has 1 atom stereocenters. The summed E-state index contributed by atoms with van der Waals surface area (Å²) in [6.07, 6.45) is 9.19. The van der Waals surface area contributed by atoms with Crippen LogP contribution in [0.5, 0.6) is 0 Å². The largest absolute Gasteiger partial charge is 0.338 e. The van der Waals surface area contributed by atoms with Crippen molar-refractivity contribution in [2.45, 2.75) is 74.1 Å². The number of hydrogen-bond acceptors (Lipinski definition) is 4. The summed E-state index contributed by atoms with van der Waals surface area (Å²) < 4.78 is 27.8. The van der Waals surface area contributed by atoms with Gasteiger partial charge in [0.05, 0.1) is 0 Å². The van der Waals surface area contributed by atoms with Gasteiger partial charge in [-0.15, -0.1) is 11.3 Å². The normalized spacial score (nSPS) is 22.8. The molecule has 2 amide bonds. The van der Waals surface area contributed by atoms with Gasteiger partial charge < -0.3 is 10.6 Å². The van der Waals surface area contributed by atoms with E-state index in [0.717, 1.165) is 32.1 Å². The van der Waals surface area contributed by atoms with Crippen LogP contribution in [0.2, 0.25) is 0 Å². The molecule has 2 N–H and O–H groups in total. The molecule has 0 spiro atoms. The maximum Gasteiger partial charge on any atom is 0.315 e. The van der Waals surface area contributed by atoms with Crippen LogP contribution in [0.3, 0.4) is 0 Å². The molecule has 1 aliphatic carbocycles. The first-order chi connectivity index (χ1) is 12.6. The smallest absolute Gasteiger partial charge is 0.315 e. The molecule has 26 heavy (non-hydrogen) atoms. The third-order valence-electron chi connectivity index (χ3n) is 5.33. The van der Waals surface area contributed by atoms with Gasteiger partial charge in [0.25, 0.3) is 10.0 Å². The minimum Gasteiger partial charge on any atom is -0.338 e. The quantitative estimate of drug-likeness (QED) is 0.770. The number of rotatable bonds is 6. The minimum atomic E-state index is -3.42. The Morgan fingerprint density at radius 1 is 1.15 bits per heavy atom. The fraction of sp³-hybridized carbons (Fsp3) is 0.722. The lowest BCUT2D eigenvalue weighted by molar-refractivity contribution is 0.224. The lowest BCUT2D eigenvalue weighted by atomic mass is 9.96. The summed E-state index contributed by atoms with van der Waals surface area (Å²) in [6.45, 7) is 1.07. The molecular weight excluding hydrogens is 370 g/mol. The highest BCUT2D eigenvalue weighted by Gasteiger charge is 2.33. The van der Waals surface area contributed by atoms with Crippen LogP contribution in [0.15, 0.2) is 21.7 Å². The first-order valence-corrected chi connectivity index (χ1v) is 12.0. The molecule has 3 rings (SSSR count). The molecule has 2 heterocycles. The van der Waals surface area contributed by atoms with Crippen LogP contribution in [-0.2, 0) is 10.0 Å². The third-order valence-corrected chi connectivity index (χ3v) is 8.66. The summed E-state index contributed by atoms with van der Waals surface area (Å²) in [4.78, 5) is 12.1. The van der Waals surface area contributed by atoms with E-state index in [2.05, 4.69) is 10.6 Å². The molecule has 1 saturated heterocycles. The van der Waals surface area contributed by atoms with Crippen molar-refractivity contribution in [3.63, 3.8) is 0 Å². The molecule has 0 aromatic carbocycles. The van der Waals surface area contributed by atoms with Gasteiger partial charge in [-0.2, -0.15) is 4.31 Å². The number of nitrogens with zero attached hydrogens (tertiary/aromatic N) is 1. The molecule has 1 saturated carbocycles. The molecule has 0 unspecified atom stereocenters. The van der Waals surface area contributed by atoms with Gasteiger partial charge in [0.1, 0.15) is 4.21 Å². The molecule has 2 aliphatic rings. The van der Waals surface area contributed by atoms with Crippen LogP contribution < -0.4 is 10.6 Å². The van der Waals surface area contributed by atoms with Crippen molar-refractivity contribution < 1.29 is 13.2 Å². The lowest BCUT2D eigenvalue weighted by Crippen LogP contribution is -2.47. The second-order valence-electron chi connectivity index (χ2n) is 7.22. The van der Waals surface area contributed by atoms with Crippen molar-refractivity contribution in [2.24, 2.45) is 0 Å². The molecule has 6 nitrogen and oxygen atoms in total. The number of piperidine rings is 1. The van der Waals surface area contributed by atoms with Crippen LogP contribution in [0, 0.1) is 0 Å². The standard InChI is InChI=1S/C18H29N3O3S2/c22-18(20-15-7-2-1-3-8-15)19-12-11-16-9-4-5-13-21(16)26(23,24)17-10-6-14-25-17/h6,10,14-16H,1-5,7-9,11-13H2,(H2,19,20,22)/t16-/m1/s1. The molecule has 1 aromatic heterocycles. The van der Waals surface area contributed by atoms with Gasteiger partial charge >= 0.3 is 6.03 Å². The van der Waals surface area contributed by atoms with Crippen molar-refractivity contribution in [3.8, 4) is 0 Å². The summed E-state index contributed by atoms with van der Waals surface area (Å²) in [5.41, 5.74) is 0. The highest BCUT2D eigenvalue weighted by Crippen LogP contribution is 2.29. The maximum absolute atomic E-state index is 12.9. The fourth-order valence-corrected chi connectivity index (χ4v) is 6.78. The summed E-state index contributed by atoms with van der Waals surface area (Å²) in [6, 6.07) is 3.56. The molecule has 0 radical (unpaired) electrons. The predicted octanol–water partition coefficient (Wildman–Crippen LogP) is 3.31. The molecule has 0 bridgehead atoms. The van der Waals surface area contributed by atoms with Crippen LogP contribution in [0.25, 0.3) is 0 Å². The Morgan fingerprint density at radius 2 is 1.92 bits per heavy atom. The lowest BCUT2D eigenvalue weighted by Gasteiger charge is -2.34. The molecule has 2 fully saturated rings. The Hall–Kier alpha value is -1.12. The van der Waals surface area contributed by atoms with Crippen molar-refractivity contribution in [1.29, 1.82) is 0 Å². The van der Waals surface area contributed by atoms with Gasteiger partial charge in [-0.3, -0.25) is 0 Å². The zero-order valence-electron chi connectivity index (χ0n) is 15.2. The van der Waals surface area contributed by atoms with E-state index in [1.54, 1.807) is 21.8 Å². The van der Waals surface area contributed by atoms with E-state index in [0.29, 0.717) is 23.7 Å². The Kier molecular flexibility index (Phi) is 6.94. The number of urea groups is 1. The number of sulfonamides is 1. The Morgan fingerprint density at radius 3 is 2.65 bits per heavy atom. The fourth-order valence-electron chi connectivity index (χ4n) is 3.94. The number of thiophene rings is 1. The van der Waals surface area contributed by atoms with E-state index in [4.69, 9.17) is 0 Å². The van der Waals surface area contributed by atoms with E-state index in [-0.39, 0.29) is 18.1 Å². The predicted molar refractivity (Wildman–Crippen MR) is 104 cm³/mol. The number of carbonyl (C=O) groups is 1. The number of nitrogens with one attached hydrogen (secondary N) is 2.